The molecule has 0 amide bonds. The molecule has 0 aliphatic rings. The maximum atomic E-state index is 6.44. The number of furan rings is 1. The highest BCUT2D eigenvalue weighted by atomic mass is 32.1. The van der Waals surface area contributed by atoms with E-state index in [-0.39, 0.29) is 0 Å². The van der Waals surface area contributed by atoms with Crippen LogP contribution in [-0.2, 0) is 0 Å². The zero-order valence-electron chi connectivity index (χ0n) is 23.2. The molecule has 3 heteroatoms. The number of anilines is 3. The minimum atomic E-state index is 0.886. The third-order valence-corrected chi connectivity index (χ3v) is 9.66. The molecule has 0 atom stereocenters. The van der Waals surface area contributed by atoms with E-state index in [0.717, 1.165) is 39.0 Å². The molecular formula is C40H25NOS. The Morgan fingerprint density at radius 3 is 2.05 bits per heavy atom. The first kappa shape index (κ1) is 24.2. The Bertz CT molecular complexity index is 2450. The van der Waals surface area contributed by atoms with Gasteiger partial charge in [-0.2, -0.15) is 0 Å². The van der Waals surface area contributed by atoms with E-state index in [2.05, 4.69) is 157 Å². The molecule has 0 spiro atoms. The fraction of sp³-hybridized carbons (Fsp3) is 0. The quantitative estimate of drug-likeness (QED) is 0.210. The molecule has 7 aromatic carbocycles. The SMILES string of the molecule is c1ccc(N(c2ccc(-c3cccc4c3sc3ccccc34)cc2)c2cccc3oc4cc5ccccc5cc4c23)cc1. The number of hydrogen-bond acceptors (Lipinski definition) is 3. The summed E-state index contributed by atoms with van der Waals surface area (Å²) in [7, 11) is 0. The Hall–Kier alpha value is -5.38. The van der Waals surface area contributed by atoms with E-state index in [4.69, 9.17) is 4.42 Å². The van der Waals surface area contributed by atoms with Crippen LogP contribution in [0, 0.1) is 0 Å². The van der Waals surface area contributed by atoms with E-state index in [1.807, 2.05) is 11.3 Å². The molecule has 0 radical (unpaired) electrons. The summed E-state index contributed by atoms with van der Waals surface area (Å²) in [4.78, 5) is 2.34. The molecule has 9 rings (SSSR count). The summed E-state index contributed by atoms with van der Waals surface area (Å²) in [5, 5.41) is 7.27. The van der Waals surface area contributed by atoms with Crippen molar-refractivity contribution in [1.29, 1.82) is 0 Å². The van der Waals surface area contributed by atoms with Crippen LogP contribution < -0.4 is 4.90 Å². The largest absolute Gasteiger partial charge is 0.456 e. The molecule has 0 bridgehead atoms. The summed E-state index contributed by atoms with van der Waals surface area (Å²) in [5.74, 6) is 0. The summed E-state index contributed by atoms with van der Waals surface area (Å²) in [6.45, 7) is 0. The number of thiophene rings is 1. The van der Waals surface area contributed by atoms with Crippen LogP contribution in [0.25, 0.3) is 64.0 Å². The van der Waals surface area contributed by atoms with Gasteiger partial charge in [-0.05, 0) is 76.5 Å². The topological polar surface area (TPSA) is 16.4 Å². The minimum absolute atomic E-state index is 0.886. The lowest BCUT2D eigenvalue weighted by Crippen LogP contribution is -2.10. The molecule has 0 N–H and O–H groups in total. The zero-order valence-corrected chi connectivity index (χ0v) is 24.0. The Balaban J connectivity index is 1.23. The number of hydrogen-bond donors (Lipinski definition) is 0. The molecule has 0 unspecified atom stereocenters. The van der Waals surface area contributed by atoms with Crippen molar-refractivity contribution in [3.8, 4) is 11.1 Å². The number of fused-ring (bicyclic) bond motifs is 7. The smallest absolute Gasteiger partial charge is 0.137 e. The first-order valence-electron chi connectivity index (χ1n) is 14.5. The van der Waals surface area contributed by atoms with E-state index in [1.54, 1.807) is 0 Å². The highest BCUT2D eigenvalue weighted by Crippen LogP contribution is 2.45. The van der Waals surface area contributed by atoms with Crippen LogP contribution in [0.3, 0.4) is 0 Å². The van der Waals surface area contributed by atoms with Gasteiger partial charge in [-0.25, -0.2) is 0 Å². The van der Waals surface area contributed by atoms with Gasteiger partial charge < -0.3 is 9.32 Å². The summed E-state index contributed by atoms with van der Waals surface area (Å²) in [5.41, 5.74) is 7.57. The van der Waals surface area contributed by atoms with Gasteiger partial charge in [-0.3, -0.25) is 0 Å². The molecule has 0 aliphatic heterocycles. The van der Waals surface area contributed by atoms with E-state index >= 15 is 0 Å². The van der Waals surface area contributed by atoms with Gasteiger partial charge >= 0.3 is 0 Å². The Labute approximate surface area is 252 Å². The fourth-order valence-electron chi connectivity index (χ4n) is 6.45. The van der Waals surface area contributed by atoms with Crippen LogP contribution in [0.1, 0.15) is 0 Å². The highest BCUT2D eigenvalue weighted by molar-refractivity contribution is 7.26. The standard InChI is InChI=1S/C40H25NOS/c1-2-12-29(13-3-1)41(35-17-9-18-36-39(35)34-24-27-10-4-5-11-28(27)25-37(34)42-36)30-22-20-26(21-23-30)31-15-8-16-33-32-14-6-7-19-38(32)43-40(31)33/h1-25H. The molecular weight excluding hydrogens is 543 g/mol. The molecule has 0 saturated heterocycles. The van der Waals surface area contributed by atoms with Gasteiger partial charge in [0.25, 0.3) is 0 Å². The molecule has 2 heterocycles. The molecule has 202 valence electrons. The predicted molar refractivity (Wildman–Crippen MR) is 184 cm³/mol. The van der Waals surface area contributed by atoms with Crippen LogP contribution in [-0.4, -0.2) is 0 Å². The number of benzene rings is 7. The Morgan fingerprint density at radius 2 is 1.19 bits per heavy atom. The third-order valence-electron chi connectivity index (χ3n) is 8.44. The molecule has 2 nitrogen and oxygen atoms in total. The van der Waals surface area contributed by atoms with Crippen LogP contribution in [0.15, 0.2) is 156 Å². The fourth-order valence-corrected chi connectivity index (χ4v) is 7.69. The normalized spacial score (nSPS) is 11.7. The van der Waals surface area contributed by atoms with Gasteiger partial charge in [-0.1, -0.05) is 97.1 Å². The van der Waals surface area contributed by atoms with Crippen LogP contribution in [0.4, 0.5) is 17.1 Å². The number of nitrogens with zero attached hydrogens (tertiary/aromatic N) is 1. The molecule has 43 heavy (non-hydrogen) atoms. The summed E-state index contributed by atoms with van der Waals surface area (Å²) >= 11 is 1.87. The lowest BCUT2D eigenvalue weighted by atomic mass is 10.0. The molecule has 0 aliphatic carbocycles. The lowest BCUT2D eigenvalue weighted by molar-refractivity contribution is 0.669. The van der Waals surface area contributed by atoms with Gasteiger partial charge in [0, 0.05) is 36.9 Å². The summed E-state index contributed by atoms with van der Waals surface area (Å²) in [6.07, 6.45) is 0. The van der Waals surface area contributed by atoms with Gasteiger partial charge in [0.15, 0.2) is 0 Å². The third kappa shape index (κ3) is 3.86. The van der Waals surface area contributed by atoms with Crippen LogP contribution in [0.5, 0.6) is 0 Å². The van der Waals surface area contributed by atoms with Crippen molar-refractivity contribution in [2.24, 2.45) is 0 Å². The maximum absolute atomic E-state index is 6.44. The molecule has 0 saturated carbocycles. The molecule has 0 fully saturated rings. The maximum Gasteiger partial charge on any atom is 0.137 e. The zero-order chi connectivity index (χ0) is 28.3. The van der Waals surface area contributed by atoms with Gasteiger partial charge in [-0.15, -0.1) is 11.3 Å². The first-order chi connectivity index (χ1) is 21.3. The second-order valence-corrected chi connectivity index (χ2v) is 12.0. The average molecular weight is 568 g/mol. The minimum Gasteiger partial charge on any atom is -0.456 e. The molecule has 9 aromatic rings. The van der Waals surface area contributed by atoms with Crippen molar-refractivity contribution in [2.45, 2.75) is 0 Å². The van der Waals surface area contributed by atoms with E-state index < -0.39 is 0 Å². The van der Waals surface area contributed by atoms with Crippen molar-refractivity contribution in [2.75, 3.05) is 4.90 Å². The van der Waals surface area contributed by atoms with Crippen LogP contribution >= 0.6 is 11.3 Å². The van der Waals surface area contributed by atoms with Crippen LogP contribution in [0.2, 0.25) is 0 Å². The molecule has 2 aromatic heterocycles. The van der Waals surface area contributed by atoms with Crippen molar-refractivity contribution in [1.82, 2.24) is 0 Å². The average Bonchev–Trinajstić information content (AvgIpc) is 3.63. The monoisotopic (exact) mass is 567 g/mol. The highest BCUT2D eigenvalue weighted by Gasteiger charge is 2.20. The van der Waals surface area contributed by atoms with Gasteiger partial charge in [0.05, 0.1) is 11.1 Å². The second-order valence-electron chi connectivity index (χ2n) is 10.9. The van der Waals surface area contributed by atoms with Gasteiger partial charge in [0.2, 0.25) is 0 Å². The van der Waals surface area contributed by atoms with E-state index in [0.29, 0.717) is 0 Å². The van der Waals surface area contributed by atoms with Crippen molar-refractivity contribution in [3.63, 3.8) is 0 Å². The van der Waals surface area contributed by atoms with Crippen molar-refractivity contribution < 1.29 is 4.42 Å². The lowest BCUT2D eigenvalue weighted by Gasteiger charge is -2.26. The summed E-state index contributed by atoms with van der Waals surface area (Å²) in [6, 6.07) is 54.2. The summed E-state index contributed by atoms with van der Waals surface area (Å²) < 4.78 is 9.10. The van der Waals surface area contributed by atoms with Gasteiger partial charge in [0.1, 0.15) is 11.2 Å². The number of rotatable bonds is 4. The second kappa shape index (κ2) is 9.59. The first-order valence-corrected chi connectivity index (χ1v) is 15.3. The van der Waals surface area contributed by atoms with Crippen molar-refractivity contribution in [3.05, 3.63) is 152 Å². The van der Waals surface area contributed by atoms with Crippen molar-refractivity contribution >= 4 is 81.3 Å². The van der Waals surface area contributed by atoms with E-state index in [1.165, 1.54) is 42.1 Å². The predicted octanol–water partition coefficient (Wildman–Crippen LogP) is 12.2. The Morgan fingerprint density at radius 1 is 0.488 bits per heavy atom. The van der Waals surface area contributed by atoms with E-state index in [9.17, 15) is 0 Å². The number of para-hydroxylation sites is 1. The Kier molecular flexibility index (Phi) is 5.40.